The summed E-state index contributed by atoms with van der Waals surface area (Å²) in [5, 5.41) is 5.08. The van der Waals surface area contributed by atoms with Crippen molar-refractivity contribution in [1.29, 1.82) is 0 Å². The minimum Gasteiger partial charge on any atom is -0.385 e. The molecule has 1 rings (SSSR count). The highest BCUT2D eigenvalue weighted by atomic mass is 79.9. The number of sulfonamides is 1. The van der Waals surface area contributed by atoms with Gasteiger partial charge in [0.2, 0.25) is 10.0 Å². The van der Waals surface area contributed by atoms with Crippen LogP contribution in [0.15, 0.2) is 23.1 Å². The Morgan fingerprint density at radius 2 is 2.33 bits per heavy atom. The van der Waals surface area contributed by atoms with E-state index >= 15 is 0 Å². The molecule has 15 heavy (non-hydrogen) atoms. The molecule has 0 heterocycles. The summed E-state index contributed by atoms with van der Waals surface area (Å²) >= 11 is 3.50. The van der Waals surface area contributed by atoms with Crippen LogP contribution in [0.4, 0.5) is 0 Å². The van der Waals surface area contributed by atoms with Gasteiger partial charge in [0, 0.05) is 20.1 Å². The third-order valence-corrected chi connectivity index (χ3v) is 4.18. The number of hydrogen-bond donors (Lipinski definition) is 1. The summed E-state index contributed by atoms with van der Waals surface area (Å²) in [7, 11) is -1.97. The normalized spacial score (nSPS) is 26.5. The van der Waals surface area contributed by atoms with Crippen LogP contribution in [0.5, 0.6) is 0 Å². The fourth-order valence-corrected chi connectivity index (χ4v) is 2.90. The summed E-state index contributed by atoms with van der Waals surface area (Å²) in [6.07, 6.45) is 6.22. The molecule has 0 aromatic heterocycles. The number of hydrogen-bond acceptors (Lipinski definition) is 3. The van der Waals surface area contributed by atoms with Gasteiger partial charge in [0.05, 0.1) is 9.23 Å². The van der Waals surface area contributed by atoms with Crippen molar-refractivity contribution in [3.8, 4) is 0 Å². The zero-order valence-electron chi connectivity index (χ0n) is 8.44. The summed E-state index contributed by atoms with van der Waals surface area (Å²) in [5.41, 5.74) is 0. The number of ether oxygens (including phenoxy) is 1. The minimum atomic E-state index is -3.58. The summed E-state index contributed by atoms with van der Waals surface area (Å²) in [6, 6.07) is 0. The quantitative estimate of drug-likeness (QED) is 0.795. The molecule has 0 bridgehead atoms. The van der Waals surface area contributed by atoms with Gasteiger partial charge < -0.3 is 4.74 Å². The zero-order chi connectivity index (χ0) is 11.5. The van der Waals surface area contributed by atoms with E-state index in [1.54, 1.807) is 13.2 Å². The standard InChI is InChI=1S/C9H14BrNO3S/c1-14-6-5-9(10)4-2-3-8(7-9)15(11,12)13/h2-4H,5-7H2,1H3,(H2,11,12,13). The maximum atomic E-state index is 11.2. The number of rotatable bonds is 4. The first-order valence-corrected chi connectivity index (χ1v) is 6.80. The number of methoxy groups -OCH3 is 1. The maximum absolute atomic E-state index is 11.2. The average Bonchev–Trinajstić information content (AvgIpc) is 2.14. The molecule has 86 valence electrons. The molecule has 0 radical (unpaired) electrons. The summed E-state index contributed by atoms with van der Waals surface area (Å²) in [5.74, 6) is 0. The van der Waals surface area contributed by atoms with E-state index in [4.69, 9.17) is 9.88 Å². The van der Waals surface area contributed by atoms with Gasteiger partial charge in [-0.05, 0) is 12.5 Å². The zero-order valence-corrected chi connectivity index (χ0v) is 10.8. The monoisotopic (exact) mass is 295 g/mol. The lowest BCUT2D eigenvalue weighted by Crippen LogP contribution is -2.27. The molecule has 2 N–H and O–H groups in total. The fraction of sp³-hybridized carbons (Fsp3) is 0.556. The molecule has 4 nitrogen and oxygen atoms in total. The van der Waals surface area contributed by atoms with Gasteiger partial charge in [0.1, 0.15) is 0 Å². The van der Waals surface area contributed by atoms with E-state index in [0.717, 1.165) is 0 Å². The van der Waals surface area contributed by atoms with E-state index in [-0.39, 0.29) is 9.23 Å². The van der Waals surface area contributed by atoms with Crippen molar-refractivity contribution in [2.24, 2.45) is 5.14 Å². The topological polar surface area (TPSA) is 69.4 Å². The second-order valence-electron chi connectivity index (χ2n) is 3.49. The summed E-state index contributed by atoms with van der Waals surface area (Å²) in [6.45, 7) is 0.563. The largest absolute Gasteiger partial charge is 0.385 e. The van der Waals surface area contributed by atoms with Crippen molar-refractivity contribution < 1.29 is 13.2 Å². The second kappa shape index (κ2) is 4.78. The van der Waals surface area contributed by atoms with Gasteiger partial charge in [-0.3, -0.25) is 0 Å². The molecule has 0 aromatic carbocycles. The molecule has 0 aromatic rings. The average molecular weight is 296 g/mol. The van der Waals surface area contributed by atoms with Crippen molar-refractivity contribution in [1.82, 2.24) is 0 Å². The maximum Gasteiger partial charge on any atom is 0.234 e. The summed E-state index contributed by atoms with van der Waals surface area (Å²) in [4.78, 5) is 0.248. The minimum absolute atomic E-state index is 0.248. The number of primary sulfonamides is 1. The predicted octanol–water partition coefficient (Wildman–Crippen LogP) is 1.29. The summed E-state index contributed by atoms with van der Waals surface area (Å²) < 4.78 is 26.9. The molecule has 0 saturated carbocycles. The lowest BCUT2D eigenvalue weighted by molar-refractivity contribution is 0.189. The van der Waals surface area contributed by atoms with E-state index < -0.39 is 10.0 Å². The van der Waals surface area contributed by atoms with E-state index in [1.165, 1.54) is 6.08 Å². The highest BCUT2D eigenvalue weighted by Gasteiger charge is 2.30. The van der Waals surface area contributed by atoms with E-state index in [1.807, 2.05) is 6.08 Å². The highest BCUT2D eigenvalue weighted by molar-refractivity contribution is 9.10. The first-order valence-electron chi connectivity index (χ1n) is 4.46. The Labute approximate surface area is 98.4 Å². The molecule has 6 heteroatoms. The third-order valence-electron chi connectivity index (χ3n) is 2.23. The molecule has 1 aliphatic carbocycles. The molecule has 0 amide bonds. The molecular weight excluding hydrogens is 282 g/mol. The molecule has 1 unspecified atom stereocenters. The van der Waals surface area contributed by atoms with Crippen molar-refractivity contribution in [3.05, 3.63) is 23.1 Å². The number of allylic oxidation sites excluding steroid dienone is 4. The van der Waals surface area contributed by atoms with Crippen LogP contribution >= 0.6 is 15.9 Å². The highest BCUT2D eigenvalue weighted by Crippen LogP contribution is 2.35. The molecular formula is C9H14BrNO3S. The van der Waals surface area contributed by atoms with Crippen LogP contribution in [0.2, 0.25) is 0 Å². The molecule has 0 aliphatic heterocycles. The van der Waals surface area contributed by atoms with Crippen LogP contribution in [0, 0.1) is 0 Å². The Kier molecular flexibility index (Phi) is 4.11. The van der Waals surface area contributed by atoms with Crippen LogP contribution in [-0.2, 0) is 14.8 Å². The first-order chi connectivity index (χ1) is 6.87. The van der Waals surface area contributed by atoms with Gasteiger partial charge >= 0.3 is 0 Å². The predicted molar refractivity (Wildman–Crippen MR) is 63.1 cm³/mol. The lowest BCUT2D eigenvalue weighted by Gasteiger charge is -2.26. The van der Waals surface area contributed by atoms with Crippen LogP contribution in [0.1, 0.15) is 12.8 Å². The van der Waals surface area contributed by atoms with Crippen molar-refractivity contribution >= 4 is 26.0 Å². The lowest BCUT2D eigenvalue weighted by atomic mass is 9.97. The SMILES string of the molecule is COCCC1(Br)C=CC=C(S(N)(=O)=O)C1. The van der Waals surface area contributed by atoms with Crippen molar-refractivity contribution in [2.45, 2.75) is 17.2 Å². The van der Waals surface area contributed by atoms with Crippen molar-refractivity contribution in [3.63, 3.8) is 0 Å². The van der Waals surface area contributed by atoms with Gasteiger partial charge in [-0.15, -0.1) is 0 Å². The molecule has 1 aliphatic rings. The molecule has 0 fully saturated rings. The smallest absolute Gasteiger partial charge is 0.234 e. The van der Waals surface area contributed by atoms with E-state index in [2.05, 4.69) is 15.9 Å². The van der Waals surface area contributed by atoms with Gasteiger partial charge in [-0.25, -0.2) is 13.6 Å². The Morgan fingerprint density at radius 1 is 1.67 bits per heavy atom. The second-order valence-corrected chi connectivity index (χ2v) is 6.69. The molecule has 0 spiro atoms. The van der Waals surface area contributed by atoms with Gasteiger partial charge in [0.15, 0.2) is 0 Å². The van der Waals surface area contributed by atoms with Crippen LogP contribution < -0.4 is 5.14 Å². The molecule has 0 saturated heterocycles. The molecule has 1 atom stereocenters. The van der Waals surface area contributed by atoms with Crippen LogP contribution in [-0.4, -0.2) is 26.5 Å². The van der Waals surface area contributed by atoms with Crippen molar-refractivity contribution in [2.75, 3.05) is 13.7 Å². The Balaban J connectivity index is 2.79. The fourth-order valence-electron chi connectivity index (χ4n) is 1.37. The first kappa shape index (κ1) is 12.9. The van der Waals surface area contributed by atoms with E-state index in [9.17, 15) is 8.42 Å². The number of nitrogens with two attached hydrogens (primary N) is 1. The van der Waals surface area contributed by atoms with Gasteiger partial charge in [-0.2, -0.15) is 0 Å². The van der Waals surface area contributed by atoms with E-state index in [0.29, 0.717) is 19.4 Å². The van der Waals surface area contributed by atoms with Gasteiger partial charge in [0.25, 0.3) is 0 Å². The Morgan fingerprint density at radius 3 is 2.87 bits per heavy atom. The Hall–Kier alpha value is -0.170. The number of alkyl halides is 1. The van der Waals surface area contributed by atoms with Crippen LogP contribution in [0.3, 0.4) is 0 Å². The Bertz CT molecular complexity index is 388. The number of halogens is 1. The third kappa shape index (κ3) is 3.71. The van der Waals surface area contributed by atoms with Crippen LogP contribution in [0.25, 0.3) is 0 Å². The van der Waals surface area contributed by atoms with Gasteiger partial charge in [-0.1, -0.05) is 28.1 Å².